The van der Waals surface area contributed by atoms with Gasteiger partial charge in [0.1, 0.15) is 0 Å². The molecule has 0 atom stereocenters. The summed E-state index contributed by atoms with van der Waals surface area (Å²) in [5.41, 5.74) is 2.56. The van der Waals surface area contributed by atoms with Crippen LogP contribution in [0.3, 0.4) is 0 Å². The highest BCUT2D eigenvalue weighted by Gasteiger charge is 2.20. The molecule has 1 saturated heterocycles. The molecule has 0 N–H and O–H groups in total. The molecule has 1 aromatic heterocycles. The average molecular weight is 302 g/mol. The summed E-state index contributed by atoms with van der Waals surface area (Å²) in [6.45, 7) is 4.29. The summed E-state index contributed by atoms with van der Waals surface area (Å²) < 4.78 is 1.84. The van der Waals surface area contributed by atoms with E-state index in [1.54, 1.807) is 0 Å². The van der Waals surface area contributed by atoms with Gasteiger partial charge in [0.25, 0.3) is 0 Å². The van der Waals surface area contributed by atoms with Gasteiger partial charge in [-0.3, -0.25) is 14.4 Å². The summed E-state index contributed by atoms with van der Waals surface area (Å²) in [6.07, 6.45) is 12.1. The molecule has 0 spiro atoms. The Morgan fingerprint density at radius 1 is 1.18 bits per heavy atom. The Bertz CT molecular complexity index is 541. The SMILES string of the molecule is Cn1cc(C2=CCN(CC(=O)N3CCCCCC3)CC2)cn1. The number of hydrogen-bond acceptors (Lipinski definition) is 3. The first-order chi connectivity index (χ1) is 10.7. The van der Waals surface area contributed by atoms with Crippen LogP contribution in [0.5, 0.6) is 0 Å². The van der Waals surface area contributed by atoms with Crippen LogP contribution in [0.1, 0.15) is 37.7 Å². The second-order valence-electron chi connectivity index (χ2n) is 6.41. The molecule has 0 radical (unpaired) electrons. The lowest BCUT2D eigenvalue weighted by molar-refractivity contribution is -0.132. The van der Waals surface area contributed by atoms with E-state index in [-0.39, 0.29) is 0 Å². The van der Waals surface area contributed by atoms with Crippen LogP contribution in [0.25, 0.3) is 5.57 Å². The lowest BCUT2D eigenvalue weighted by atomic mass is 10.0. The van der Waals surface area contributed by atoms with Crippen molar-refractivity contribution in [1.29, 1.82) is 0 Å². The molecule has 3 rings (SSSR count). The minimum atomic E-state index is 0.306. The van der Waals surface area contributed by atoms with E-state index in [1.165, 1.54) is 24.0 Å². The zero-order valence-electron chi connectivity index (χ0n) is 13.5. The van der Waals surface area contributed by atoms with Gasteiger partial charge in [-0.25, -0.2) is 0 Å². The van der Waals surface area contributed by atoms with E-state index in [9.17, 15) is 4.79 Å². The van der Waals surface area contributed by atoms with E-state index in [0.717, 1.165) is 45.4 Å². The minimum absolute atomic E-state index is 0.306. The maximum atomic E-state index is 12.4. The highest BCUT2D eigenvalue weighted by Crippen LogP contribution is 2.21. The molecule has 5 nitrogen and oxygen atoms in total. The van der Waals surface area contributed by atoms with Crippen molar-refractivity contribution in [3.63, 3.8) is 0 Å². The summed E-state index contributed by atoms with van der Waals surface area (Å²) in [6, 6.07) is 0. The number of carbonyl (C=O) groups excluding carboxylic acids is 1. The number of aromatic nitrogens is 2. The van der Waals surface area contributed by atoms with Crippen molar-refractivity contribution in [2.45, 2.75) is 32.1 Å². The van der Waals surface area contributed by atoms with Crippen molar-refractivity contribution in [3.05, 3.63) is 24.0 Å². The molecule has 2 aliphatic rings. The van der Waals surface area contributed by atoms with Gasteiger partial charge < -0.3 is 4.90 Å². The Balaban J connectivity index is 1.52. The predicted molar refractivity (Wildman–Crippen MR) is 87.3 cm³/mol. The van der Waals surface area contributed by atoms with Gasteiger partial charge in [-0.05, 0) is 24.8 Å². The highest BCUT2D eigenvalue weighted by molar-refractivity contribution is 5.78. The Morgan fingerprint density at radius 2 is 1.95 bits per heavy atom. The number of rotatable bonds is 3. The maximum Gasteiger partial charge on any atom is 0.236 e. The molecular formula is C17H26N4O. The summed E-state index contributed by atoms with van der Waals surface area (Å²) in [7, 11) is 1.94. The Kier molecular flexibility index (Phi) is 4.93. The Morgan fingerprint density at radius 3 is 2.55 bits per heavy atom. The zero-order valence-corrected chi connectivity index (χ0v) is 13.5. The first-order valence-electron chi connectivity index (χ1n) is 8.40. The topological polar surface area (TPSA) is 41.4 Å². The van der Waals surface area contributed by atoms with E-state index in [4.69, 9.17) is 0 Å². The predicted octanol–water partition coefficient (Wildman–Crippen LogP) is 1.91. The molecule has 22 heavy (non-hydrogen) atoms. The molecule has 1 fully saturated rings. The monoisotopic (exact) mass is 302 g/mol. The molecule has 0 aliphatic carbocycles. The summed E-state index contributed by atoms with van der Waals surface area (Å²) in [5, 5.41) is 4.23. The van der Waals surface area contributed by atoms with E-state index in [0.29, 0.717) is 12.5 Å². The van der Waals surface area contributed by atoms with Gasteiger partial charge in [-0.2, -0.15) is 5.10 Å². The number of nitrogens with zero attached hydrogens (tertiary/aromatic N) is 4. The van der Waals surface area contributed by atoms with Crippen LogP contribution in [-0.4, -0.2) is 58.2 Å². The van der Waals surface area contributed by atoms with Crippen molar-refractivity contribution in [1.82, 2.24) is 19.6 Å². The molecule has 3 heterocycles. The molecule has 0 aromatic carbocycles. The second kappa shape index (κ2) is 7.09. The van der Waals surface area contributed by atoms with Crippen molar-refractivity contribution in [3.8, 4) is 0 Å². The van der Waals surface area contributed by atoms with Crippen LogP contribution >= 0.6 is 0 Å². The number of hydrogen-bond donors (Lipinski definition) is 0. The minimum Gasteiger partial charge on any atom is -0.342 e. The van der Waals surface area contributed by atoms with Crippen LogP contribution in [0.15, 0.2) is 18.5 Å². The third-order valence-corrected chi connectivity index (χ3v) is 4.69. The van der Waals surface area contributed by atoms with Crippen LogP contribution in [0.2, 0.25) is 0 Å². The third-order valence-electron chi connectivity index (χ3n) is 4.69. The summed E-state index contributed by atoms with van der Waals surface area (Å²) in [4.78, 5) is 16.7. The van der Waals surface area contributed by atoms with E-state index < -0.39 is 0 Å². The average Bonchev–Trinajstić information content (AvgIpc) is 2.79. The van der Waals surface area contributed by atoms with Crippen LogP contribution in [0.4, 0.5) is 0 Å². The van der Waals surface area contributed by atoms with Gasteiger partial charge in [0.05, 0.1) is 12.7 Å². The van der Waals surface area contributed by atoms with Crippen LogP contribution in [-0.2, 0) is 11.8 Å². The quantitative estimate of drug-likeness (QED) is 0.856. The first-order valence-corrected chi connectivity index (χ1v) is 8.40. The third kappa shape index (κ3) is 3.77. The van der Waals surface area contributed by atoms with Gasteiger partial charge in [0, 0.05) is 45.0 Å². The largest absolute Gasteiger partial charge is 0.342 e. The van der Waals surface area contributed by atoms with E-state index in [1.807, 2.05) is 17.9 Å². The van der Waals surface area contributed by atoms with E-state index in [2.05, 4.69) is 27.2 Å². The van der Waals surface area contributed by atoms with Crippen molar-refractivity contribution < 1.29 is 4.79 Å². The zero-order chi connectivity index (χ0) is 15.4. The molecule has 0 bridgehead atoms. The number of aryl methyl sites for hydroxylation is 1. The summed E-state index contributed by atoms with van der Waals surface area (Å²) in [5.74, 6) is 0.306. The molecule has 0 saturated carbocycles. The fourth-order valence-electron chi connectivity index (χ4n) is 3.32. The van der Waals surface area contributed by atoms with Crippen molar-refractivity contribution in [2.24, 2.45) is 7.05 Å². The summed E-state index contributed by atoms with van der Waals surface area (Å²) >= 11 is 0. The lowest BCUT2D eigenvalue weighted by Crippen LogP contribution is -2.42. The molecular weight excluding hydrogens is 276 g/mol. The first kappa shape index (κ1) is 15.3. The standard InChI is InChI=1S/C17H26N4O/c1-19-13-16(12-18-19)15-6-10-20(11-7-15)14-17(22)21-8-4-2-3-5-9-21/h6,12-13H,2-5,7-11,14H2,1H3. The molecule has 5 heteroatoms. The number of carbonyl (C=O) groups is 1. The maximum absolute atomic E-state index is 12.4. The number of likely N-dealkylation sites (tertiary alicyclic amines) is 1. The fraction of sp³-hybridized carbons (Fsp3) is 0.647. The highest BCUT2D eigenvalue weighted by atomic mass is 16.2. The smallest absolute Gasteiger partial charge is 0.236 e. The van der Waals surface area contributed by atoms with Crippen LogP contribution in [0, 0.1) is 0 Å². The molecule has 120 valence electrons. The molecule has 1 aromatic rings. The lowest BCUT2D eigenvalue weighted by Gasteiger charge is -2.28. The van der Waals surface area contributed by atoms with Crippen LogP contribution < -0.4 is 0 Å². The van der Waals surface area contributed by atoms with Crippen molar-refractivity contribution in [2.75, 3.05) is 32.7 Å². The van der Waals surface area contributed by atoms with E-state index >= 15 is 0 Å². The second-order valence-corrected chi connectivity index (χ2v) is 6.41. The Hall–Kier alpha value is -1.62. The molecule has 0 unspecified atom stereocenters. The van der Waals surface area contributed by atoms with Gasteiger partial charge in [0.2, 0.25) is 5.91 Å². The van der Waals surface area contributed by atoms with Gasteiger partial charge in [0.15, 0.2) is 0 Å². The fourth-order valence-corrected chi connectivity index (χ4v) is 3.32. The molecule has 2 aliphatic heterocycles. The molecule has 1 amide bonds. The van der Waals surface area contributed by atoms with Crippen molar-refractivity contribution >= 4 is 11.5 Å². The normalized spacial score (nSPS) is 20.6. The van der Waals surface area contributed by atoms with Gasteiger partial charge in [-0.15, -0.1) is 0 Å². The Labute approximate surface area is 132 Å². The number of amides is 1. The van der Waals surface area contributed by atoms with Gasteiger partial charge >= 0.3 is 0 Å². The van der Waals surface area contributed by atoms with Gasteiger partial charge in [-0.1, -0.05) is 18.9 Å².